The molecular formula is C18H30N2O3S. The van der Waals surface area contributed by atoms with Gasteiger partial charge in [0.1, 0.15) is 0 Å². The molecule has 1 aliphatic heterocycles. The molecule has 5 nitrogen and oxygen atoms in total. The largest absolute Gasteiger partial charge is 0.379 e. The van der Waals surface area contributed by atoms with Gasteiger partial charge in [0.25, 0.3) is 0 Å². The van der Waals surface area contributed by atoms with Gasteiger partial charge in [-0.05, 0) is 24.0 Å². The van der Waals surface area contributed by atoms with Crippen molar-refractivity contribution in [1.82, 2.24) is 9.62 Å². The number of nitrogens with zero attached hydrogens (tertiary/aromatic N) is 1. The van der Waals surface area contributed by atoms with E-state index in [0.717, 1.165) is 31.5 Å². The number of nitrogens with one attached hydrogen (secondary N) is 1. The zero-order valence-electron chi connectivity index (χ0n) is 14.8. The highest BCUT2D eigenvalue weighted by atomic mass is 32.2. The van der Waals surface area contributed by atoms with Crippen molar-refractivity contribution < 1.29 is 13.2 Å². The van der Waals surface area contributed by atoms with Gasteiger partial charge in [-0.1, -0.05) is 44.5 Å². The van der Waals surface area contributed by atoms with Gasteiger partial charge in [-0.3, -0.25) is 4.90 Å². The molecule has 1 aromatic carbocycles. The Kier molecular flexibility index (Phi) is 7.68. The lowest BCUT2D eigenvalue weighted by atomic mass is 10.0. The van der Waals surface area contributed by atoms with Gasteiger partial charge in [-0.2, -0.15) is 0 Å². The minimum Gasteiger partial charge on any atom is -0.379 e. The first kappa shape index (κ1) is 19.4. The third-order valence-electron chi connectivity index (χ3n) is 4.52. The van der Waals surface area contributed by atoms with Crippen LogP contribution in [0.1, 0.15) is 43.9 Å². The molecule has 2 rings (SSSR count). The molecule has 1 heterocycles. The van der Waals surface area contributed by atoms with Crippen LogP contribution < -0.4 is 4.72 Å². The summed E-state index contributed by atoms with van der Waals surface area (Å²) in [5, 5.41) is 0. The van der Waals surface area contributed by atoms with E-state index in [1.807, 2.05) is 6.92 Å². The number of hydrogen-bond donors (Lipinski definition) is 1. The summed E-state index contributed by atoms with van der Waals surface area (Å²) in [6, 6.07) is 8.57. The van der Waals surface area contributed by atoms with Crippen molar-refractivity contribution in [1.29, 1.82) is 0 Å². The van der Waals surface area contributed by atoms with Crippen molar-refractivity contribution >= 4 is 10.0 Å². The van der Waals surface area contributed by atoms with Gasteiger partial charge in [-0.25, -0.2) is 13.1 Å². The van der Waals surface area contributed by atoms with Crippen LogP contribution in [0.15, 0.2) is 24.3 Å². The lowest BCUT2D eigenvalue weighted by Gasteiger charge is -2.35. The molecule has 0 spiro atoms. The fourth-order valence-corrected chi connectivity index (χ4v) is 4.16. The summed E-state index contributed by atoms with van der Waals surface area (Å²) in [7, 11) is -3.21. The number of ether oxygens (including phenoxy) is 1. The zero-order chi connectivity index (χ0) is 17.4. The quantitative estimate of drug-likeness (QED) is 0.739. The molecule has 0 radical (unpaired) electrons. The second kappa shape index (κ2) is 9.51. The average molecular weight is 355 g/mol. The molecule has 0 aliphatic carbocycles. The number of hydrogen-bond acceptors (Lipinski definition) is 4. The lowest BCUT2D eigenvalue weighted by Crippen LogP contribution is -2.44. The van der Waals surface area contributed by atoms with Crippen LogP contribution in [0.5, 0.6) is 0 Å². The first-order valence-electron chi connectivity index (χ1n) is 8.93. The Morgan fingerprint density at radius 3 is 2.42 bits per heavy atom. The van der Waals surface area contributed by atoms with Crippen LogP contribution in [0.4, 0.5) is 0 Å². The predicted octanol–water partition coefficient (Wildman–Crippen LogP) is 2.34. The Bertz CT molecular complexity index is 581. The molecule has 0 saturated carbocycles. The van der Waals surface area contributed by atoms with E-state index in [0.29, 0.717) is 26.2 Å². The standard InChI is InChI=1S/C18H30N2O3S/c1-3-5-14-24(21,22)19-15-18(20-10-12-23-13-11-20)17-8-6-16(4-2)7-9-17/h6-9,18-19H,3-5,10-15H2,1-2H3. The Labute approximate surface area is 146 Å². The molecule has 1 aliphatic rings. The van der Waals surface area contributed by atoms with Crippen LogP contribution in [0.2, 0.25) is 0 Å². The van der Waals surface area contributed by atoms with E-state index in [2.05, 4.69) is 40.8 Å². The van der Waals surface area contributed by atoms with Crippen LogP contribution in [0.3, 0.4) is 0 Å². The number of aryl methyl sites for hydroxylation is 1. The van der Waals surface area contributed by atoms with Gasteiger partial charge in [-0.15, -0.1) is 0 Å². The molecule has 1 unspecified atom stereocenters. The van der Waals surface area contributed by atoms with E-state index in [-0.39, 0.29) is 11.8 Å². The minimum absolute atomic E-state index is 0.0520. The molecular weight excluding hydrogens is 324 g/mol. The van der Waals surface area contributed by atoms with Gasteiger partial charge in [0.2, 0.25) is 10.0 Å². The highest BCUT2D eigenvalue weighted by Gasteiger charge is 2.24. The molecule has 136 valence electrons. The van der Waals surface area contributed by atoms with E-state index in [9.17, 15) is 8.42 Å². The number of sulfonamides is 1. The van der Waals surface area contributed by atoms with Crippen LogP contribution in [-0.4, -0.2) is 51.9 Å². The maximum atomic E-state index is 12.2. The van der Waals surface area contributed by atoms with Gasteiger partial charge < -0.3 is 4.74 Å². The maximum absolute atomic E-state index is 12.2. The van der Waals surface area contributed by atoms with Crippen molar-refractivity contribution in [2.45, 2.75) is 39.2 Å². The predicted molar refractivity (Wildman–Crippen MR) is 97.7 cm³/mol. The fourth-order valence-electron chi connectivity index (χ4n) is 2.93. The van der Waals surface area contributed by atoms with Crippen LogP contribution in [-0.2, 0) is 21.2 Å². The number of morpholine rings is 1. The SMILES string of the molecule is CCCCS(=O)(=O)NCC(c1ccc(CC)cc1)N1CCOCC1. The Balaban J connectivity index is 2.10. The van der Waals surface area contributed by atoms with E-state index in [1.165, 1.54) is 5.56 Å². The normalized spacial score (nSPS) is 17.8. The van der Waals surface area contributed by atoms with Crippen LogP contribution in [0.25, 0.3) is 0 Å². The lowest BCUT2D eigenvalue weighted by molar-refractivity contribution is 0.0172. The topological polar surface area (TPSA) is 58.6 Å². The van der Waals surface area contributed by atoms with E-state index in [1.54, 1.807) is 0 Å². The zero-order valence-corrected chi connectivity index (χ0v) is 15.6. The van der Waals surface area contributed by atoms with Crippen molar-refractivity contribution in [3.63, 3.8) is 0 Å². The minimum atomic E-state index is -3.21. The van der Waals surface area contributed by atoms with Crippen molar-refractivity contribution in [3.8, 4) is 0 Å². The highest BCUT2D eigenvalue weighted by molar-refractivity contribution is 7.89. The summed E-state index contributed by atoms with van der Waals surface area (Å²) in [6.07, 6.45) is 2.58. The summed E-state index contributed by atoms with van der Waals surface area (Å²) in [5.74, 6) is 0.202. The smallest absolute Gasteiger partial charge is 0.211 e. The molecule has 1 aromatic rings. The van der Waals surface area contributed by atoms with Crippen molar-refractivity contribution in [2.24, 2.45) is 0 Å². The maximum Gasteiger partial charge on any atom is 0.211 e. The van der Waals surface area contributed by atoms with Gasteiger partial charge in [0.05, 0.1) is 19.0 Å². The average Bonchev–Trinajstić information content (AvgIpc) is 2.61. The second-order valence-corrected chi connectivity index (χ2v) is 8.21. The molecule has 1 atom stereocenters. The number of benzene rings is 1. The van der Waals surface area contributed by atoms with Gasteiger partial charge in [0, 0.05) is 25.7 Å². The summed E-state index contributed by atoms with van der Waals surface area (Å²) < 4.78 is 32.6. The second-order valence-electron chi connectivity index (χ2n) is 6.28. The van der Waals surface area contributed by atoms with E-state index < -0.39 is 10.0 Å². The molecule has 1 N–H and O–H groups in total. The molecule has 1 saturated heterocycles. The molecule has 0 bridgehead atoms. The molecule has 1 fully saturated rings. The van der Waals surface area contributed by atoms with Gasteiger partial charge >= 0.3 is 0 Å². The Morgan fingerprint density at radius 2 is 1.83 bits per heavy atom. The van der Waals surface area contributed by atoms with Crippen molar-refractivity contribution in [3.05, 3.63) is 35.4 Å². The summed E-state index contributed by atoms with van der Waals surface area (Å²) >= 11 is 0. The molecule has 24 heavy (non-hydrogen) atoms. The molecule has 0 aromatic heterocycles. The first-order valence-corrected chi connectivity index (χ1v) is 10.6. The summed E-state index contributed by atoms with van der Waals surface area (Å²) in [6.45, 7) is 7.61. The fraction of sp³-hybridized carbons (Fsp3) is 0.667. The Hall–Kier alpha value is -0.950. The summed E-state index contributed by atoms with van der Waals surface area (Å²) in [4.78, 5) is 2.31. The van der Waals surface area contributed by atoms with E-state index >= 15 is 0 Å². The number of unbranched alkanes of at least 4 members (excludes halogenated alkanes) is 1. The highest BCUT2D eigenvalue weighted by Crippen LogP contribution is 2.22. The first-order chi connectivity index (χ1) is 11.6. The third kappa shape index (κ3) is 5.84. The summed E-state index contributed by atoms with van der Waals surface area (Å²) in [5.41, 5.74) is 2.45. The third-order valence-corrected chi connectivity index (χ3v) is 5.96. The number of rotatable bonds is 9. The monoisotopic (exact) mass is 354 g/mol. The van der Waals surface area contributed by atoms with Crippen LogP contribution in [0, 0.1) is 0 Å². The Morgan fingerprint density at radius 1 is 1.17 bits per heavy atom. The van der Waals surface area contributed by atoms with E-state index in [4.69, 9.17) is 4.74 Å². The van der Waals surface area contributed by atoms with Gasteiger partial charge in [0.15, 0.2) is 0 Å². The molecule has 6 heteroatoms. The molecule has 0 amide bonds. The van der Waals surface area contributed by atoms with Crippen LogP contribution >= 0.6 is 0 Å². The van der Waals surface area contributed by atoms with Crippen molar-refractivity contribution in [2.75, 3.05) is 38.6 Å².